The third kappa shape index (κ3) is 4.63. The van der Waals surface area contributed by atoms with Crippen molar-refractivity contribution in [2.75, 3.05) is 13.2 Å². The minimum atomic E-state index is 0.377. The van der Waals surface area contributed by atoms with E-state index in [2.05, 4.69) is 13.8 Å². The third-order valence-corrected chi connectivity index (χ3v) is 2.50. The summed E-state index contributed by atoms with van der Waals surface area (Å²) in [4.78, 5) is 0. The summed E-state index contributed by atoms with van der Waals surface area (Å²) in [6, 6.07) is 0. The van der Waals surface area contributed by atoms with E-state index in [0.29, 0.717) is 12.2 Å². The van der Waals surface area contributed by atoms with Gasteiger partial charge in [0.1, 0.15) is 6.10 Å². The van der Waals surface area contributed by atoms with Crippen molar-refractivity contribution in [3.8, 4) is 0 Å². The first-order valence-corrected chi connectivity index (χ1v) is 5.61. The summed E-state index contributed by atoms with van der Waals surface area (Å²) < 4.78 is 10.9. The Balaban J connectivity index is 2.00. The molecule has 0 bridgehead atoms. The summed E-state index contributed by atoms with van der Waals surface area (Å²) in [7, 11) is 0. The molecule has 1 rings (SSSR count). The molecular weight excluding hydrogens is 164 g/mol. The van der Waals surface area contributed by atoms with Crippen molar-refractivity contribution >= 4 is 0 Å². The predicted molar refractivity (Wildman–Crippen MR) is 53.9 cm³/mol. The number of unbranched alkanes of at least 4 members (excludes halogenated alkanes) is 3. The molecule has 2 heteroatoms. The second-order valence-electron chi connectivity index (χ2n) is 3.71. The Morgan fingerprint density at radius 3 is 2.62 bits per heavy atom. The lowest BCUT2D eigenvalue weighted by Gasteiger charge is -2.13. The summed E-state index contributed by atoms with van der Waals surface area (Å²) in [6.07, 6.45) is 7.26. The van der Waals surface area contributed by atoms with Crippen molar-refractivity contribution in [1.82, 2.24) is 0 Å². The van der Waals surface area contributed by atoms with E-state index in [-0.39, 0.29) is 0 Å². The molecule has 1 aliphatic heterocycles. The van der Waals surface area contributed by atoms with Gasteiger partial charge in [0.2, 0.25) is 0 Å². The zero-order chi connectivity index (χ0) is 9.52. The molecule has 0 aromatic carbocycles. The molecule has 0 saturated carbocycles. The Hall–Kier alpha value is -0.0800. The molecule has 13 heavy (non-hydrogen) atoms. The van der Waals surface area contributed by atoms with Gasteiger partial charge in [0.25, 0.3) is 0 Å². The lowest BCUT2D eigenvalue weighted by molar-refractivity contribution is 0.0343. The van der Waals surface area contributed by atoms with Crippen LogP contribution in [0.4, 0.5) is 0 Å². The first-order chi connectivity index (χ1) is 6.38. The molecule has 78 valence electrons. The summed E-state index contributed by atoms with van der Waals surface area (Å²) in [6.45, 7) is 6.03. The van der Waals surface area contributed by atoms with Crippen molar-refractivity contribution in [2.24, 2.45) is 0 Å². The van der Waals surface area contributed by atoms with Crippen LogP contribution in [0.1, 0.15) is 46.0 Å². The van der Waals surface area contributed by atoms with E-state index in [9.17, 15) is 0 Å². The minimum Gasteiger partial charge on any atom is -0.376 e. The average Bonchev–Trinajstić information content (AvgIpc) is 2.93. The predicted octanol–water partition coefficient (Wildman–Crippen LogP) is 2.76. The van der Waals surface area contributed by atoms with Crippen LogP contribution in [-0.2, 0) is 9.47 Å². The van der Waals surface area contributed by atoms with Crippen LogP contribution in [-0.4, -0.2) is 25.4 Å². The summed E-state index contributed by atoms with van der Waals surface area (Å²) >= 11 is 0. The van der Waals surface area contributed by atoms with Gasteiger partial charge in [-0.1, -0.05) is 32.6 Å². The van der Waals surface area contributed by atoms with Crippen LogP contribution < -0.4 is 0 Å². The standard InChI is InChI=1S/C11H22O2/c1-3-5-6-7-8-10(12-4-2)11-9-13-11/h10-11H,3-9H2,1-2H3. The van der Waals surface area contributed by atoms with Crippen LogP contribution in [0.5, 0.6) is 0 Å². The van der Waals surface area contributed by atoms with E-state index >= 15 is 0 Å². The molecule has 1 heterocycles. The van der Waals surface area contributed by atoms with Crippen LogP contribution >= 0.6 is 0 Å². The molecule has 2 unspecified atom stereocenters. The van der Waals surface area contributed by atoms with E-state index < -0.39 is 0 Å². The van der Waals surface area contributed by atoms with Crippen LogP contribution in [0.3, 0.4) is 0 Å². The minimum absolute atomic E-state index is 0.377. The first-order valence-electron chi connectivity index (χ1n) is 5.61. The quantitative estimate of drug-likeness (QED) is 0.429. The van der Waals surface area contributed by atoms with Gasteiger partial charge < -0.3 is 9.47 Å². The molecule has 0 amide bonds. The Morgan fingerprint density at radius 2 is 2.08 bits per heavy atom. The second-order valence-corrected chi connectivity index (χ2v) is 3.71. The van der Waals surface area contributed by atoms with Crippen molar-refractivity contribution < 1.29 is 9.47 Å². The van der Waals surface area contributed by atoms with Gasteiger partial charge in [0.15, 0.2) is 0 Å². The fourth-order valence-corrected chi connectivity index (χ4v) is 1.63. The second kappa shape index (κ2) is 6.39. The maximum absolute atomic E-state index is 5.62. The largest absolute Gasteiger partial charge is 0.376 e. The zero-order valence-electron chi connectivity index (χ0n) is 8.92. The summed E-state index contributed by atoms with van der Waals surface area (Å²) in [5.74, 6) is 0. The van der Waals surface area contributed by atoms with Crippen LogP contribution in [0.15, 0.2) is 0 Å². The molecule has 0 spiro atoms. The molecule has 1 saturated heterocycles. The average molecular weight is 186 g/mol. The fourth-order valence-electron chi connectivity index (χ4n) is 1.63. The number of hydrogen-bond donors (Lipinski definition) is 0. The molecule has 2 nitrogen and oxygen atoms in total. The van der Waals surface area contributed by atoms with Crippen LogP contribution in [0, 0.1) is 0 Å². The van der Waals surface area contributed by atoms with Gasteiger partial charge in [-0.3, -0.25) is 0 Å². The Morgan fingerprint density at radius 1 is 1.31 bits per heavy atom. The molecule has 0 aromatic rings. The SMILES string of the molecule is CCCCCCC(OCC)C1CO1. The number of ether oxygens (including phenoxy) is 2. The molecule has 1 fully saturated rings. The molecule has 0 N–H and O–H groups in total. The Labute approximate surface area is 81.6 Å². The molecule has 0 radical (unpaired) electrons. The van der Waals surface area contributed by atoms with Gasteiger partial charge in [0, 0.05) is 6.61 Å². The molecule has 1 aliphatic rings. The van der Waals surface area contributed by atoms with E-state index in [1.54, 1.807) is 0 Å². The Kier molecular flexibility index (Phi) is 5.40. The van der Waals surface area contributed by atoms with Gasteiger partial charge in [0.05, 0.1) is 12.7 Å². The van der Waals surface area contributed by atoms with Gasteiger partial charge in [-0.05, 0) is 13.3 Å². The van der Waals surface area contributed by atoms with Gasteiger partial charge in [-0.25, -0.2) is 0 Å². The summed E-state index contributed by atoms with van der Waals surface area (Å²) in [5.41, 5.74) is 0. The maximum Gasteiger partial charge on any atom is 0.107 e. The highest BCUT2D eigenvalue weighted by Gasteiger charge is 2.32. The highest BCUT2D eigenvalue weighted by Crippen LogP contribution is 2.21. The van der Waals surface area contributed by atoms with E-state index in [0.717, 1.165) is 13.2 Å². The van der Waals surface area contributed by atoms with Gasteiger partial charge >= 0.3 is 0 Å². The zero-order valence-corrected chi connectivity index (χ0v) is 8.92. The lowest BCUT2D eigenvalue weighted by Crippen LogP contribution is -2.19. The molecular formula is C11H22O2. The smallest absolute Gasteiger partial charge is 0.107 e. The monoisotopic (exact) mass is 186 g/mol. The topological polar surface area (TPSA) is 21.8 Å². The number of hydrogen-bond acceptors (Lipinski definition) is 2. The van der Waals surface area contributed by atoms with Crippen molar-refractivity contribution in [3.05, 3.63) is 0 Å². The fraction of sp³-hybridized carbons (Fsp3) is 1.00. The van der Waals surface area contributed by atoms with E-state index in [1.165, 1.54) is 32.1 Å². The third-order valence-electron chi connectivity index (χ3n) is 2.50. The molecule has 0 aliphatic carbocycles. The van der Waals surface area contributed by atoms with Crippen LogP contribution in [0.2, 0.25) is 0 Å². The van der Waals surface area contributed by atoms with Gasteiger partial charge in [-0.2, -0.15) is 0 Å². The van der Waals surface area contributed by atoms with E-state index in [4.69, 9.17) is 9.47 Å². The molecule has 0 aromatic heterocycles. The number of epoxide rings is 1. The normalized spacial score (nSPS) is 23.1. The lowest BCUT2D eigenvalue weighted by atomic mass is 10.1. The molecule has 2 atom stereocenters. The van der Waals surface area contributed by atoms with Crippen molar-refractivity contribution in [3.63, 3.8) is 0 Å². The first kappa shape index (κ1) is 11.0. The maximum atomic E-state index is 5.62. The van der Waals surface area contributed by atoms with Crippen LogP contribution in [0.25, 0.3) is 0 Å². The summed E-state index contributed by atoms with van der Waals surface area (Å²) in [5, 5.41) is 0. The van der Waals surface area contributed by atoms with Crippen molar-refractivity contribution in [1.29, 1.82) is 0 Å². The Bertz CT molecular complexity index is 121. The highest BCUT2D eigenvalue weighted by molar-refractivity contribution is 4.79. The van der Waals surface area contributed by atoms with Gasteiger partial charge in [-0.15, -0.1) is 0 Å². The highest BCUT2D eigenvalue weighted by atomic mass is 16.6. The van der Waals surface area contributed by atoms with E-state index in [1.807, 2.05) is 0 Å². The van der Waals surface area contributed by atoms with Crippen molar-refractivity contribution in [2.45, 2.75) is 58.2 Å². The number of rotatable bonds is 8.